The summed E-state index contributed by atoms with van der Waals surface area (Å²) in [6.45, 7) is 0. The Kier molecular flexibility index (Phi) is 6.73. The Morgan fingerprint density at radius 2 is 1.44 bits per heavy atom. The standard InChI is InChI=1S/CH3NO2.H2O4S/c3-1-2-4;1-5(2,3)4/h1,4H,(H,2,3);(H2,1,2,3,4). The average molecular weight is 159 g/mol. The molecule has 0 atom stereocenters. The number of carbonyl (C=O) groups is 1. The fourth-order valence-electron chi connectivity index (χ4n) is 0. The Morgan fingerprint density at radius 1 is 1.33 bits per heavy atom. The van der Waals surface area contributed by atoms with Gasteiger partial charge in [-0.2, -0.15) is 8.42 Å². The molecule has 0 aliphatic rings. The number of hydroxylamine groups is 1. The molecule has 7 nitrogen and oxygen atoms in total. The molecule has 0 aliphatic heterocycles. The number of nitrogens with one attached hydrogen (secondary N) is 1. The molecule has 0 fully saturated rings. The van der Waals surface area contributed by atoms with Gasteiger partial charge in [0.2, 0.25) is 6.41 Å². The number of rotatable bonds is 1. The van der Waals surface area contributed by atoms with Crippen LogP contribution in [0.2, 0.25) is 0 Å². The van der Waals surface area contributed by atoms with Gasteiger partial charge >= 0.3 is 10.4 Å². The van der Waals surface area contributed by atoms with Crippen molar-refractivity contribution in [3.63, 3.8) is 0 Å². The molecule has 1 amide bonds. The molecule has 56 valence electrons. The van der Waals surface area contributed by atoms with Crippen LogP contribution in [0, 0.1) is 0 Å². The summed E-state index contributed by atoms with van der Waals surface area (Å²) in [5.41, 5.74) is 1.25. The topological polar surface area (TPSA) is 124 Å². The van der Waals surface area contributed by atoms with Gasteiger partial charge in [0.05, 0.1) is 0 Å². The van der Waals surface area contributed by atoms with Gasteiger partial charge in [-0.3, -0.25) is 19.1 Å². The lowest BCUT2D eigenvalue weighted by molar-refractivity contribution is -0.116. The molecule has 0 heterocycles. The second-order valence-electron chi connectivity index (χ2n) is 0.695. The second kappa shape index (κ2) is 5.44. The first-order valence-corrected chi connectivity index (χ1v) is 2.84. The highest BCUT2D eigenvalue weighted by atomic mass is 32.3. The van der Waals surface area contributed by atoms with E-state index in [2.05, 4.69) is 0 Å². The van der Waals surface area contributed by atoms with E-state index >= 15 is 0 Å². The molecule has 8 heteroatoms. The quantitative estimate of drug-likeness (QED) is 0.159. The van der Waals surface area contributed by atoms with Crippen LogP contribution in [-0.4, -0.2) is 29.1 Å². The summed E-state index contributed by atoms with van der Waals surface area (Å²) in [4.78, 5) is 8.81. The molecular weight excluding hydrogens is 154 g/mol. The van der Waals surface area contributed by atoms with Crippen LogP contribution >= 0.6 is 0 Å². The monoisotopic (exact) mass is 159 g/mol. The summed E-state index contributed by atoms with van der Waals surface area (Å²) in [7, 11) is -4.67. The third-order valence-electron chi connectivity index (χ3n) is 0.0527. The van der Waals surface area contributed by atoms with Gasteiger partial charge in [-0.15, -0.1) is 0 Å². The molecule has 0 aromatic rings. The predicted octanol–water partition coefficient (Wildman–Crippen LogP) is -1.53. The van der Waals surface area contributed by atoms with Crippen molar-refractivity contribution < 1.29 is 27.5 Å². The number of hydrogen-bond donors (Lipinski definition) is 4. The zero-order chi connectivity index (χ0) is 7.91. The maximum absolute atomic E-state index is 8.81. The summed E-state index contributed by atoms with van der Waals surface area (Å²) in [5.74, 6) is 0. The van der Waals surface area contributed by atoms with E-state index in [-0.39, 0.29) is 6.41 Å². The molecule has 0 aliphatic carbocycles. The van der Waals surface area contributed by atoms with Crippen molar-refractivity contribution in [2.24, 2.45) is 0 Å². The molecule has 0 unspecified atom stereocenters. The highest BCUT2D eigenvalue weighted by molar-refractivity contribution is 7.79. The van der Waals surface area contributed by atoms with Crippen LogP contribution in [0.15, 0.2) is 0 Å². The Balaban J connectivity index is 0. The second-order valence-corrected chi connectivity index (χ2v) is 1.59. The van der Waals surface area contributed by atoms with E-state index < -0.39 is 10.4 Å². The molecule has 0 radical (unpaired) electrons. The van der Waals surface area contributed by atoms with Crippen molar-refractivity contribution in [2.45, 2.75) is 0 Å². The highest BCUT2D eigenvalue weighted by Gasteiger charge is 1.84. The largest absolute Gasteiger partial charge is 0.394 e. The smallest absolute Gasteiger partial charge is 0.289 e. The SMILES string of the molecule is O=CNO.O=S(=O)(O)O. The maximum Gasteiger partial charge on any atom is 0.394 e. The Hall–Kier alpha value is -0.700. The van der Waals surface area contributed by atoms with Crippen LogP contribution in [0.1, 0.15) is 0 Å². The van der Waals surface area contributed by atoms with Crippen LogP contribution in [-0.2, 0) is 15.2 Å². The summed E-state index contributed by atoms with van der Waals surface area (Å²) >= 11 is 0. The zero-order valence-electron chi connectivity index (χ0n) is 4.05. The average Bonchev–Trinajstić information content (AvgIpc) is 1.61. The Labute approximate surface area is 50.8 Å². The number of carbonyl (C=O) groups excluding carboxylic acids is 1. The molecule has 4 N–H and O–H groups in total. The van der Waals surface area contributed by atoms with Crippen molar-refractivity contribution in [2.75, 3.05) is 0 Å². The normalized spacial score (nSPS) is 8.78. The van der Waals surface area contributed by atoms with E-state index in [4.69, 9.17) is 27.5 Å². The van der Waals surface area contributed by atoms with Gasteiger partial charge in [-0.25, -0.2) is 5.48 Å². The van der Waals surface area contributed by atoms with Gasteiger partial charge in [0.25, 0.3) is 0 Å². The minimum absolute atomic E-state index is 0.181. The molecule has 0 spiro atoms. The van der Waals surface area contributed by atoms with E-state index in [1.54, 1.807) is 0 Å². The molecule has 0 rings (SSSR count). The fourth-order valence-corrected chi connectivity index (χ4v) is 0. The van der Waals surface area contributed by atoms with E-state index in [0.717, 1.165) is 0 Å². The predicted molar refractivity (Wildman–Crippen MR) is 25.2 cm³/mol. The van der Waals surface area contributed by atoms with Gasteiger partial charge in [0.1, 0.15) is 0 Å². The van der Waals surface area contributed by atoms with Gasteiger partial charge in [0, 0.05) is 0 Å². The van der Waals surface area contributed by atoms with Crippen LogP contribution < -0.4 is 5.48 Å². The summed E-state index contributed by atoms with van der Waals surface area (Å²) in [6, 6.07) is 0. The molecule has 0 saturated heterocycles. The summed E-state index contributed by atoms with van der Waals surface area (Å²) in [6.07, 6.45) is 0.181. The van der Waals surface area contributed by atoms with E-state index in [1.807, 2.05) is 0 Å². The number of hydrogen-bond acceptors (Lipinski definition) is 4. The molecular formula is CH5NO6S. The van der Waals surface area contributed by atoms with E-state index in [0.29, 0.717) is 0 Å². The maximum atomic E-state index is 8.81. The van der Waals surface area contributed by atoms with Crippen molar-refractivity contribution in [3.8, 4) is 0 Å². The lowest BCUT2D eigenvalue weighted by Gasteiger charge is -1.68. The van der Waals surface area contributed by atoms with Crippen molar-refractivity contribution in [1.82, 2.24) is 5.48 Å². The van der Waals surface area contributed by atoms with Gasteiger partial charge in [-0.1, -0.05) is 0 Å². The minimum Gasteiger partial charge on any atom is -0.289 e. The first-order valence-electron chi connectivity index (χ1n) is 1.45. The van der Waals surface area contributed by atoms with Crippen molar-refractivity contribution in [3.05, 3.63) is 0 Å². The minimum atomic E-state index is -4.67. The molecule has 0 aromatic carbocycles. The third kappa shape index (κ3) is 2280. The summed E-state index contributed by atoms with van der Waals surface area (Å²) < 4.78 is 31.6. The number of amides is 1. The zero-order valence-corrected chi connectivity index (χ0v) is 4.87. The Bertz CT molecular complexity index is 138. The third-order valence-corrected chi connectivity index (χ3v) is 0.0527. The van der Waals surface area contributed by atoms with Crippen LogP contribution in [0.4, 0.5) is 0 Å². The highest BCUT2D eigenvalue weighted by Crippen LogP contribution is 1.59. The lowest BCUT2D eigenvalue weighted by Crippen LogP contribution is -1.99. The van der Waals surface area contributed by atoms with Crippen LogP contribution in [0.25, 0.3) is 0 Å². The van der Waals surface area contributed by atoms with Crippen molar-refractivity contribution >= 4 is 16.8 Å². The van der Waals surface area contributed by atoms with Crippen LogP contribution in [0.5, 0.6) is 0 Å². The van der Waals surface area contributed by atoms with Gasteiger partial charge in [-0.05, 0) is 0 Å². The van der Waals surface area contributed by atoms with Crippen LogP contribution in [0.3, 0.4) is 0 Å². The van der Waals surface area contributed by atoms with Crippen molar-refractivity contribution in [1.29, 1.82) is 0 Å². The molecule has 0 aromatic heterocycles. The first kappa shape index (κ1) is 11.1. The van der Waals surface area contributed by atoms with Gasteiger partial charge in [0.15, 0.2) is 0 Å². The molecule has 0 saturated carbocycles. The van der Waals surface area contributed by atoms with E-state index in [1.165, 1.54) is 5.48 Å². The molecule has 0 bridgehead atoms. The van der Waals surface area contributed by atoms with E-state index in [9.17, 15) is 0 Å². The van der Waals surface area contributed by atoms with Gasteiger partial charge < -0.3 is 0 Å². The fraction of sp³-hybridized carbons (Fsp3) is 0. The summed E-state index contributed by atoms with van der Waals surface area (Å²) in [5, 5.41) is 7.26. The first-order chi connectivity index (χ1) is 3.91. The molecule has 9 heavy (non-hydrogen) atoms. The Morgan fingerprint density at radius 3 is 1.44 bits per heavy atom. The lowest BCUT2D eigenvalue weighted by atomic mass is 11.5.